The Balaban J connectivity index is 2.00. The lowest BCUT2D eigenvalue weighted by molar-refractivity contribution is 0.178. The normalized spacial score (nSPS) is 20.3. The minimum absolute atomic E-state index is 0.173. The Morgan fingerprint density at radius 3 is 2.58 bits per heavy atom. The second kappa shape index (κ2) is 5.91. The summed E-state index contributed by atoms with van der Waals surface area (Å²) in [5.41, 5.74) is 1.34. The van der Waals surface area contributed by atoms with Crippen LogP contribution in [0.1, 0.15) is 26.7 Å². The van der Waals surface area contributed by atoms with E-state index in [0.717, 1.165) is 25.3 Å². The van der Waals surface area contributed by atoms with Crippen molar-refractivity contribution in [3.05, 3.63) is 30.1 Å². The van der Waals surface area contributed by atoms with Gasteiger partial charge in [0.05, 0.1) is 0 Å². The summed E-state index contributed by atoms with van der Waals surface area (Å²) in [6, 6.07) is 6.76. The molecule has 1 heterocycles. The summed E-state index contributed by atoms with van der Waals surface area (Å²) in [7, 11) is 2.09. The second-order valence-corrected chi connectivity index (χ2v) is 6.36. The molecule has 1 fully saturated rings. The van der Waals surface area contributed by atoms with Crippen molar-refractivity contribution in [3.8, 4) is 0 Å². The molecule has 1 aliphatic rings. The van der Waals surface area contributed by atoms with E-state index in [0.29, 0.717) is 5.92 Å². The molecule has 1 aromatic carbocycles. The number of piperidine rings is 1. The lowest BCUT2D eigenvalue weighted by Gasteiger charge is -2.40. The van der Waals surface area contributed by atoms with Crippen LogP contribution in [-0.4, -0.2) is 26.7 Å². The highest BCUT2D eigenvalue weighted by Gasteiger charge is 2.31. The summed E-state index contributed by atoms with van der Waals surface area (Å²) >= 11 is 0. The first-order valence-electron chi connectivity index (χ1n) is 7.16. The van der Waals surface area contributed by atoms with E-state index in [9.17, 15) is 4.39 Å². The van der Waals surface area contributed by atoms with Gasteiger partial charge < -0.3 is 10.2 Å². The molecule has 1 atom stereocenters. The van der Waals surface area contributed by atoms with Crippen molar-refractivity contribution in [1.29, 1.82) is 0 Å². The third kappa shape index (κ3) is 3.69. The Morgan fingerprint density at radius 1 is 1.32 bits per heavy atom. The fourth-order valence-corrected chi connectivity index (χ4v) is 3.05. The maximum Gasteiger partial charge on any atom is 0.123 e. The summed E-state index contributed by atoms with van der Waals surface area (Å²) in [6.45, 7) is 7.94. The van der Waals surface area contributed by atoms with Crippen molar-refractivity contribution >= 4 is 5.69 Å². The lowest BCUT2D eigenvalue weighted by atomic mass is 9.74. The molecule has 2 nitrogen and oxygen atoms in total. The molecular formula is C16H25FN2. The number of rotatable bonds is 4. The van der Waals surface area contributed by atoms with E-state index in [1.54, 1.807) is 0 Å². The lowest BCUT2D eigenvalue weighted by Crippen LogP contribution is -2.44. The van der Waals surface area contributed by atoms with Crippen molar-refractivity contribution < 1.29 is 4.39 Å². The molecule has 0 amide bonds. The van der Waals surface area contributed by atoms with Gasteiger partial charge in [0.1, 0.15) is 5.82 Å². The van der Waals surface area contributed by atoms with Gasteiger partial charge in [-0.2, -0.15) is 0 Å². The smallest absolute Gasteiger partial charge is 0.123 e. The molecule has 3 heteroatoms. The van der Waals surface area contributed by atoms with Crippen LogP contribution in [0.25, 0.3) is 0 Å². The van der Waals surface area contributed by atoms with E-state index >= 15 is 0 Å². The van der Waals surface area contributed by atoms with Crippen LogP contribution in [0.4, 0.5) is 10.1 Å². The minimum Gasteiger partial charge on any atom is -0.374 e. The Kier molecular flexibility index (Phi) is 4.46. The average molecular weight is 264 g/mol. The fraction of sp³-hybridized carbons (Fsp3) is 0.625. The van der Waals surface area contributed by atoms with Gasteiger partial charge in [-0.3, -0.25) is 0 Å². The van der Waals surface area contributed by atoms with Gasteiger partial charge in [-0.25, -0.2) is 4.39 Å². The van der Waals surface area contributed by atoms with Crippen molar-refractivity contribution in [2.75, 3.05) is 31.6 Å². The Bertz CT molecular complexity index is 394. The first-order chi connectivity index (χ1) is 8.99. The summed E-state index contributed by atoms with van der Waals surface area (Å²) in [6.07, 6.45) is 2.58. The van der Waals surface area contributed by atoms with Gasteiger partial charge in [-0.05, 0) is 61.5 Å². The van der Waals surface area contributed by atoms with Crippen LogP contribution in [0.15, 0.2) is 24.3 Å². The standard InChI is InChI=1S/C16H25FN2/c1-16(2,13-5-4-10-18-11-13)12-19(3)15-8-6-14(17)7-9-15/h6-9,13,18H,4-5,10-12H2,1-3H3. The minimum atomic E-state index is -0.173. The van der Waals surface area contributed by atoms with Crippen LogP contribution in [0.5, 0.6) is 0 Å². The summed E-state index contributed by atoms with van der Waals surface area (Å²) in [4.78, 5) is 2.23. The average Bonchev–Trinajstić information content (AvgIpc) is 2.40. The van der Waals surface area contributed by atoms with Gasteiger partial charge in [0, 0.05) is 19.3 Å². The molecule has 0 spiro atoms. The molecule has 0 bridgehead atoms. The molecule has 1 saturated heterocycles. The Morgan fingerprint density at radius 2 is 2.00 bits per heavy atom. The van der Waals surface area contributed by atoms with E-state index in [1.807, 2.05) is 12.1 Å². The predicted molar refractivity (Wildman–Crippen MR) is 79.0 cm³/mol. The topological polar surface area (TPSA) is 15.3 Å². The van der Waals surface area contributed by atoms with E-state index in [4.69, 9.17) is 0 Å². The molecule has 0 saturated carbocycles. The SMILES string of the molecule is CN(CC(C)(C)C1CCCNC1)c1ccc(F)cc1. The highest BCUT2D eigenvalue weighted by Crippen LogP contribution is 2.33. The highest BCUT2D eigenvalue weighted by atomic mass is 19.1. The van der Waals surface area contributed by atoms with Gasteiger partial charge in [0.15, 0.2) is 0 Å². The largest absolute Gasteiger partial charge is 0.374 e. The van der Waals surface area contributed by atoms with Crippen LogP contribution >= 0.6 is 0 Å². The number of nitrogens with zero attached hydrogens (tertiary/aromatic N) is 1. The van der Waals surface area contributed by atoms with Crippen molar-refractivity contribution in [1.82, 2.24) is 5.32 Å². The molecule has 1 unspecified atom stereocenters. The maximum atomic E-state index is 13.0. The third-order valence-corrected chi connectivity index (χ3v) is 4.31. The summed E-state index contributed by atoms with van der Waals surface area (Å²) in [5, 5.41) is 3.49. The summed E-state index contributed by atoms with van der Waals surface area (Å²) in [5.74, 6) is 0.539. The Labute approximate surface area is 116 Å². The molecule has 0 radical (unpaired) electrons. The van der Waals surface area contributed by atoms with Crippen LogP contribution in [0.3, 0.4) is 0 Å². The number of hydrogen-bond donors (Lipinski definition) is 1. The zero-order valence-corrected chi connectivity index (χ0v) is 12.2. The number of halogens is 1. The number of anilines is 1. The van der Waals surface area contributed by atoms with Gasteiger partial charge in [0.2, 0.25) is 0 Å². The first-order valence-corrected chi connectivity index (χ1v) is 7.16. The molecule has 2 rings (SSSR count). The van der Waals surface area contributed by atoms with E-state index < -0.39 is 0 Å². The van der Waals surface area contributed by atoms with Gasteiger partial charge in [-0.1, -0.05) is 13.8 Å². The van der Waals surface area contributed by atoms with Gasteiger partial charge in [0.25, 0.3) is 0 Å². The second-order valence-electron chi connectivity index (χ2n) is 6.36. The fourth-order valence-electron chi connectivity index (χ4n) is 3.05. The molecular weight excluding hydrogens is 239 g/mol. The van der Waals surface area contributed by atoms with Crippen LogP contribution < -0.4 is 10.2 Å². The van der Waals surface area contributed by atoms with Crippen molar-refractivity contribution in [3.63, 3.8) is 0 Å². The van der Waals surface area contributed by atoms with Crippen LogP contribution in [0, 0.1) is 17.2 Å². The Hall–Kier alpha value is -1.09. The molecule has 1 aromatic rings. The molecule has 106 valence electrons. The molecule has 1 aliphatic heterocycles. The van der Waals surface area contributed by atoms with Crippen molar-refractivity contribution in [2.24, 2.45) is 11.3 Å². The van der Waals surface area contributed by atoms with Crippen LogP contribution in [0.2, 0.25) is 0 Å². The first kappa shape index (κ1) is 14.3. The predicted octanol–water partition coefficient (Wildman–Crippen LogP) is 3.29. The van der Waals surface area contributed by atoms with Gasteiger partial charge in [-0.15, -0.1) is 0 Å². The number of hydrogen-bond acceptors (Lipinski definition) is 2. The molecule has 1 N–H and O–H groups in total. The van der Waals surface area contributed by atoms with Gasteiger partial charge >= 0.3 is 0 Å². The third-order valence-electron chi connectivity index (χ3n) is 4.31. The maximum absolute atomic E-state index is 13.0. The number of nitrogens with one attached hydrogen (secondary N) is 1. The molecule has 0 aromatic heterocycles. The summed E-state index contributed by atoms with van der Waals surface area (Å²) < 4.78 is 13.0. The number of benzene rings is 1. The van der Waals surface area contributed by atoms with E-state index in [1.165, 1.54) is 25.0 Å². The monoisotopic (exact) mass is 264 g/mol. The van der Waals surface area contributed by atoms with Crippen molar-refractivity contribution in [2.45, 2.75) is 26.7 Å². The van der Waals surface area contributed by atoms with E-state index in [2.05, 4.69) is 31.1 Å². The molecule has 0 aliphatic carbocycles. The highest BCUT2D eigenvalue weighted by molar-refractivity contribution is 5.45. The molecule has 19 heavy (non-hydrogen) atoms. The van der Waals surface area contributed by atoms with E-state index in [-0.39, 0.29) is 11.2 Å². The zero-order chi connectivity index (χ0) is 13.9. The quantitative estimate of drug-likeness (QED) is 0.897. The van der Waals surface area contributed by atoms with Crippen LogP contribution in [-0.2, 0) is 0 Å². The zero-order valence-electron chi connectivity index (χ0n) is 12.2.